The number of nitrogens with zero attached hydrogens (tertiary/aromatic N) is 1. The van der Waals surface area contributed by atoms with Gasteiger partial charge < -0.3 is 14.6 Å². The quantitative estimate of drug-likeness (QED) is 0.349. The number of ether oxygens (including phenoxy) is 1. The average Bonchev–Trinajstić information content (AvgIpc) is 3.09. The fourth-order valence-corrected chi connectivity index (χ4v) is 2.59. The molecule has 3 aromatic rings. The van der Waals surface area contributed by atoms with Crippen molar-refractivity contribution in [3.63, 3.8) is 0 Å². The second-order valence-corrected chi connectivity index (χ2v) is 6.50. The molecule has 0 saturated heterocycles. The normalized spacial score (nSPS) is 10.9. The van der Waals surface area contributed by atoms with E-state index in [9.17, 15) is 26.7 Å². The lowest BCUT2D eigenvalue weighted by Gasteiger charge is -2.10. The molecule has 5 nitrogen and oxygen atoms in total. The Bertz CT molecular complexity index is 1110. The highest BCUT2D eigenvalue weighted by atomic mass is 19.2. The zero-order valence-electron chi connectivity index (χ0n) is 16.0. The molecule has 1 N–H and O–H groups in total. The monoisotopic (exact) mass is 426 g/mol. The Hall–Kier alpha value is -3.43. The molecule has 0 saturated carbocycles. The molecule has 0 spiro atoms. The number of amides is 1. The van der Waals surface area contributed by atoms with Crippen molar-refractivity contribution in [2.75, 3.05) is 5.32 Å². The highest BCUT2D eigenvalue weighted by Crippen LogP contribution is 2.28. The van der Waals surface area contributed by atoms with E-state index in [2.05, 4.69) is 5.16 Å². The van der Waals surface area contributed by atoms with Gasteiger partial charge in [-0.2, -0.15) is 0 Å². The van der Waals surface area contributed by atoms with Gasteiger partial charge in [0.15, 0.2) is 29.0 Å². The van der Waals surface area contributed by atoms with Crippen LogP contribution in [0.25, 0.3) is 0 Å². The highest BCUT2D eigenvalue weighted by molar-refractivity contribution is 6.04. The van der Waals surface area contributed by atoms with Gasteiger partial charge in [0.05, 0.1) is 5.56 Å². The van der Waals surface area contributed by atoms with Crippen molar-refractivity contribution in [2.45, 2.75) is 27.4 Å². The number of aryl methyl sites for hydroxylation is 3. The zero-order valence-corrected chi connectivity index (χ0v) is 16.0. The van der Waals surface area contributed by atoms with E-state index in [-0.39, 0.29) is 17.9 Å². The summed E-state index contributed by atoms with van der Waals surface area (Å²) in [7, 11) is 0. The highest BCUT2D eigenvalue weighted by Gasteiger charge is 2.29. The molecule has 0 aliphatic carbocycles. The Morgan fingerprint density at radius 3 is 2.17 bits per heavy atom. The van der Waals surface area contributed by atoms with Crippen LogP contribution in [0.2, 0.25) is 0 Å². The van der Waals surface area contributed by atoms with Gasteiger partial charge in [0.25, 0.3) is 5.91 Å². The summed E-state index contributed by atoms with van der Waals surface area (Å²) in [6.07, 6.45) is 0. The summed E-state index contributed by atoms with van der Waals surface area (Å²) in [6, 6.07) is 5.31. The summed E-state index contributed by atoms with van der Waals surface area (Å²) in [5.41, 5.74) is 0.262. The minimum absolute atomic E-state index is 0.148. The summed E-state index contributed by atoms with van der Waals surface area (Å²) in [6.45, 7) is 5.10. The van der Waals surface area contributed by atoms with Crippen molar-refractivity contribution >= 4 is 11.6 Å². The van der Waals surface area contributed by atoms with Gasteiger partial charge >= 0.3 is 0 Å². The molecule has 2 aromatic carbocycles. The van der Waals surface area contributed by atoms with Gasteiger partial charge in [-0.3, -0.25) is 4.79 Å². The number of carbonyl (C=O) groups excluding carboxylic acids is 1. The molecule has 10 heteroatoms. The number of anilines is 1. The summed E-state index contributed by atoms with van der Waals surface area (Å²) in [5.74, 6) is -11.6. The molecule has 0 bridgehead atoms. The maximum atomic E-state index is 13.8. The predicted octanol–water partition coefficient (Wildman–Crippen LogP) is 5.13. The first-order valence-corrected chi connectivity index (χ1v) is 8.59. The smallest absolute Gasteiger partial charge is 0.278 e. The third-order valence-electron chi connectivity index (χ3n) is 4.51. The van der Waals surface area contributed by atoms with Gasteiger partial charge in [0.2, 0.25) is 5.82 Å². The van der Waals surface area contributed by atoms with Crippen molar-refractivity contribution in [1.82, 2.24) is 5.16 Å². The second-order valence-electron chi connectivity index (χ2n) is 6.50. The first kappa shape index (κ1) is 21.3. The third kappa shape index (κ3) is 3.85. The Morgan fingerprint density at radius 1 is 0.967 bits per heavy atom. The molecule has 1 heterocycles. The van der Waals surface area contributed by atoms with E-state index >= 15 is 0 Å². The zero-order chi connectivity index (χ0) is 22.2. The third-order valence-corrected chi connectivity index (χ3v) is 4.51. The molecule has 0 atom stereocenters. The van der Waals surface area contributed by atoms with Crippen molar-refractivity contribution in [1.29, 1.82) is 0 Å². The van der Waals surface area contributed by atoms with Crippen LogP contribution in [0.15, 0.2) is 22.7 Å². The lowest BCUT2D eigenvalue weighted by Crippen LogP contribution is -2.19. The molecule has 30 heavy (non-hydrogen) atoms. The van der Waals surface area contributed by atoms with Crippen LogP contribution in [0.3, 0.4) is 0 Å². The lowest BCUT2D eigenvalue weighted by atomic mass is 10.1. The predicted molar refractivity (Wildman–Crippen MR) is 95.7 cm³/mol. The summed E-state index contributed by atoms with van der Waals surface area (Å²) in [5, 5.41) is 5.16. The molecule has 0 radical (unpaired) electrons. The summed E-state index contributed by atoms with van der Waals surface area (Å²) in [4.78, 5) is 12.4. The topological polar surface area (TPSA) is 64.4 Å². The van der Waals surface area contributed by atoms with Crippen LogP contribution >= 0.6 is 0 Å². The molecule has 0 aliphatic rings. The van der Waals surface area contributed by atoms with Crippen LogP contribution in [-0.2, 0) is 6.61 Å². The average molecular weight is 426 g/mol. The van der Waals surface area contributed by atoms with Crippen LogP contribution in [0.5, 0.6) is 5.75 Å². The van der Waals surface area contributed by atoms with Gasteiger partial charge in [0, 0.05) is 0 Å². The van der Waals surface area contributed by atoms with E-state index in [0.29, 0.717) is 5.75 Å². The van der Waals surface area contributed by atoms with Crippen molar-refractivity contribution in [3.05, 3.63) is 75.4 Å². The first-order chi connectivity index (χ1) is 14.1. The second kappa shape index (κ2) is 8.13. The minimum Gasteiger partial charge on any atom is -0.489 e. The number of rotatable bonds is 5. The number of aromatic nitrogens is 1. The maximum Gasteiger partial charge on any atom is 0.278 e. The van der Waals surface area contributed by atoms with Gasteiger partial charge in [-0.15, -0.1) is 0 Å². The van der Waals surface area contributed by atoms with Gasteiger partial charge in [-0.25, -0.2) is 22.0 Å². The Kier molecular flexibility index (Phi) is 5.77. The molecular weight excluding hydrogens is 411 g/mol. The van der Waals surface area contributed by atoms with Gasteiger partial charge in [-0.1, -0.05) is 11.2 Å². The van der Waals surface area contributed by atoms with Crippen molar-refractivity contribution in [3.8, 4) is 5.75 Å². The number of hydrogen-bond acceptors (Lipinski definition) is 4. The van der Waals surface area contributed by atoms with E-state index in [1.165, 1.54) is 6.92 Å². The number of carbonyl (C=O) groups is 1. The molecule has 1 aromatic heterocycles. The molecule has 0 fully saturated rings. The maximum absolute atomic E-state index is 13.8. The van der Waals surface area contributed by atoms with Crippen LogP contribution < -0.4 is 10.1 Å². The number of halogens is 5. The van der Waals surface area contributed by atoms with Crippen LogP contribution in [0.4, 0.5) is 27.6 Å². The van der Waals surface area contributed by atoms with Crippen LogP contribution in [0.1, 0.15) is 32.9 Å². The summed E-state index contributed by atoms with van der Waals surface area (Å²) >= 11 is 0. The van der Waals surface area contributed by atoms with E-state index in [0.717, 1.165) is 11.1 Å². The fourth-order valence-electron chi connectivity index (χ4n) is 2.59. The number of benzene rings is 2. The van der Waals surface area contributed by atoms with E-state index in [1.54, 1.807) is 17.4 Å². The Labute approximate surface area is 167 Å². The minimum atomic E-state index is -2.33. The first-order valence-electron chi connectivity index (χ1n) is 8.59. The van der Waals surface area contributed by atoms with Crippen LogP contribution in [0, 0.1) is 49.9 Å². The lowest BCUT2D eigenvalue weighted by molar-refractivity contribution is 0.101. The molecule has 0 unspecified atom stereocenters. The Morgan fingerprint density at radius 2 is 1.57 bits per heavy atom. The van der Waals surface area contributed by atoms with Crippen LogP contribution in [-0.4, -0.2) is 11.1 Å². The summed E-state index contributed by atoms with van der Waals surface area (Å²) < 4.78 is 78.0. The molecular formula is C20H15F5N2O3. The van der Waals surface area contributed by atoms with E-state index in [1.807, 2.05) is 19.9 Å². The molecule has 1 amide bonds. The molecule has 158 valence electrons. The molecule has 3 rings (SSSR count). The Balaban J connectivity index is 1.86. The fraction of sp³-hybridized carbons (Fsp3) is 0.200. The molecule has 0 aliphatic heterocycles. The van der Waals surface area contributed by atoms with Gasteiger partial charge in [-0.05, 0) is 44.0 Å². The van der Waals surface area contributed by atoms with Crippen molar-refractivity contribution < 1.29 is 36.0 Å². The van der Waals surface area contributed by atoms with E-state index in [4.69, 9.17) is 9.26 Å². The number of hydrogen-bond donors (Lipinski definition) is 1. The largest absolute Gasteiger partial charge is 0.489 e. The SMILES string of the molecule is Cc1ccc(OCc2c(C(=O)Nc3c(F)c(F)c(F)c(F)c3F)noc2C)cc1C. The number of nitrogens with one attached hydrogen (secondary N) is 1. The standard InChI is InChI=1S/C20H15F5N2O3/c1-8-4-5-11(6-9(8)2)29-7-12-10(3)30-27-18(12)20(28)26-19-16(24)14(22)13(21)15(23)17(19)25/h4-6H,7H2,1-3H3,(H,26,28). The van der Waals surface area contributed by atoms with Crippen molar-refractivity contribution in [2.24, 2.45) is 0 Å². The van der Waals surface area contributed by atoms with E-state index < -0.39 is 46.4 Å². The van der Waals surface area contributed by atoms with Gasteiger partial charge in [0.1, 0.15) is 23.8 Å².